The second kappa shape index (κ2) is 5.34. The van der Waals surface area contributed by atoms with Crippen LogP contribution in [0.1, 0.15) is 43.7 Å². The fraction of sp³-hybridized carbons (Fsp3) is 0.500. The van der Waals surface area contributed by atoms with Crippen LogP contribution in [0.5, 0.6) is 0 Å². The molecule has 0 saturated heterocycles. The van der Waals surface area contributed by atoms with Crippen molar-refractivity contribution in [2.75, 3.05) is 0 Å². The summed E-state index contributed by atoms with van der Waals surface area (Å²) in [5.41, 5.74) is 2.67. The molecule has 0 bridgehead atoms. The van der Waals surface area contributed by atoms with Crippen LogP contribution in [-0.4, -0.2) is 0 Å². The highest BCUT2D eigenvalue weighted by atomic mass is 14.2. The third-order valence-corrected chi connectivity index (χ3v) is 3.70. The van der Waals surface area contributed by atoms with Gasteiger partial charge in [0, 0.05) is 0 Å². The molecule has 0 heteroatoms. The molecule has 86 valence electrons. The van der Waals surface area contributed by atoms with Gasteiger partial charge in [0.05, 0.1) is 0 Å². The molecule has 1 aromatic carbocycles. The van der Waals surface area contributed by atoms with E-state index in [9.17, 15) is 0 Å². The third-order valence-electron chi connectivity index (χ3n) is 3.70. The normalized spacial score (nSPS) is 26.1. The Kier molecular flexibility index (Phi) is 3.82. The summed E-state index contributed by atoms with van der Waals surface area (Å²) in [7, 11) is 0. The monoisotopic (exact) mass is 214 g/mol. The van der Waals surface area contributed by atoms with Crippen LogP contribution in [0.3, 0.4) is 0 Å². The summed E-state index contributed by atoms with van der Waals surface area (Å²) in [6, 6.07) is 8.78. The highest BCUT2D eigenvalue weighted by Crippen LogP contribution is 2.29. The van der Waals surface area contributed by atoms with Gasteiger partial charge in [-0.05, 0) is 37.2 Å². The SMILES string of the molecule is Cc1ccc(C=CC2CCC(C)CC2)cc1. The van der Waals surface area contributed by atoms with Gasteiger partial charge in [-0.2, -0.15) is 0 Å². The minimum absolute atomic E-state index is 0.817. The Labute approximate surface area is 99.4 Å². The number of benzene rings is 1. The fourth-order valence-corrected chi connectivity index (χ4v) is 2.40. The lowest BCUT2D eigenvalue weighted by Gasteiger charge is -2.23. The first-order valence-electron chi connectivity index (χ1n) is 6.49. The lowest BCUT2D eigenvalue weighted by Crippen LogP contribution is -2.09. The molecule has 0 atom stereocenters. The summed E-state index contributed by atoms with van der Waals surface area (Å²) in [4.78, 5) is 0. The van der Waals surface area contributed by atoms with Gasteiger partial charge in [0.25, 0.3) is 0 Å². The maximum absolute atomic E-state index is 2.41. The number of allylic oxidation sites excluding steroid dienone is 1. The molecule has 2 rings (SSSR count). The standard InChI is InChI=1S/C16H22/c1-13-3-7-15(8-4-13)11-12-16-9-5-14(2)6-10-16/h3-4,7-8,11-12,14,16H,5-6,9-10H2,1-2H3. The quantitative estimate of drug-likeness (QED) is 0.661. The zero-order valence-electron chi connectivity index (χ0n) is 10.4. The van der Waals surface area contributed by atoms with Gasteiger partial charge >= 0.3 is 0 Å². The summed E-state index contributed by atoms with van der Waals surface area (Å²) in [5.74, 6) is 1.77. The molecule has 0 unspecified atom stereocenters. The van der Waals surface area contributed by atoms with Gasteiger partial charge in [-0.3, -0.25) is 0 Å². The van der Waals surface area contributed by atoms with Crippen LogP contribution in [0, 0.1) is 18.8 Å². The van der Waals surface area contributed by atoms with Crippen LogP contribution in [0.4, 0.5) is 0 Å². The van der Waals surface area contributed by atoms with E-state index in [1.165, 1.54) is 36.8 Å². The Morgan fingerprint density at radius 1 is 1.00 bits per heavy atom. The van der Waals surface area contributed by atoms with Crippen molar-refractivity contribution in [3.8, 4) is 0 Å². The minimum Gasteiger partial charge on any atom is -0.0808 e. The molecule has 0 spiro atoms. The first-order chi connectivity index (χ1) is 7.74. The second-order valence-electron chi connectivity index (χ2n) is 5.29. The second-order valence-corrected chi connectivity index (χ2v) is 5.29. The molecule has 1 fully saturated rings. The zero-order chi connectivity index (χ0) is 11.4. The van der Waals surface area contributed by atoms with Gasteiger partial charge < -0.3 is 0 Å². The van der Waals surface area contributed by atoms with Crippen LogP contribution in [-0.2, 0) is 0 Å². The van der Waals surface area contributed by atoms with E-state index in [4.69, 9.17) is 0 Å². The van der Waals surface area contributed by atoms with Gasteiger partial charge in [-0.25, -0.2) is 0 Å². The highest BCUT2D eigenvalue weighted by molar-refractivity contribution is 5.49. The Morgan fingerprint density at radius 2 is 1.62 bits per heavy atom. The Morgan fingerprint density at radius 3 is 2.25 bits per heavy atom. The lowest BCUT2D eigenvalue weighted by molar-refractivity contribution is 0.331. The van der Waals surface area contributed by atoms with Crippen LogP contribution in [0.25, 0.3) is 6.08 Å². The largest absolute Gasteiger partial charge is 0.0808 e. The molecule has 0 nitrogen and oxygen atoms in total. The molecule has 1 aliphatic rings. The van der Waals surface area contributed by atoms with E-state index in [0.717, 1.165) is 11.8 Å². The van der Waals surface area contributed by atoms with Crippen LogP contribution >= 0.6 is 0 Å². The van der Waals surface area contributed by atoms with Crippen LogP contribution in [0.2, 0.25) is 0 Å². The van der Waals surface area contributed by atoms with Crippen molar-refractivity contribution in [2.45, 2.75) is 39.5 Å². The number of rotatable bonds is 2. The fourth-order valence-electron chi connectivity index (χ4n) is 2.40. The van der Waals surface area contributed by atoms with Crippen molar-refractivity contribution in [2.24, 2.45) is 11.8 Å². The molecule has 0 radical (unpaired) electrons. The molecule has 1 aliphatic carbocycles. The van der Waals surface area contributed by atoms with Gasteiger partial charge in [-0.15, -0.1) is 0 Å². The molecule has 0 heterocycles. The van der Waals surface area contributed by atoms with Crippen molar-refractivity contribution in [1.82, 2.24) is 0 Å². The number of aryl methyl sites for hydroxylation is 1. The summed E-state index contributed by atoms with van der Waals surface area (Å²) in [6.45, 7) is 4.51. The molecule has 0 aliphatic heterocycles. The Hall–Kier alpha value is -1.04. The maximum Gasteiger partial charge on any atom is -0.0230 e. The molecule has 0 N–H and O–H groups in total. The number of hydrogen-bond acceptors (Lipinski definition) is 0. The third kappa shape index (κ3) is 3.23. The van der Waals surface area contributed by atoms with E-state index < -0.39 is 0 Å². The predicted molar refractivity (Wildman–Crippen MR) is 71.3 cm³/mol. The predicted octanol–water partition coefficient (Wildman–Crippen LogP) is 4.83. The zero-order valence-corrected chi connectivity index (χ0v) is 10.4. The summed E-state index contributed by atoms with van der Waals surface area (Å²) in [6.07, 6.45) is 10.3. The Balaban J connectivity index is 1.91. The first-order valence-corrected chi connectivity index (χ1v) is 6.49. The summed E-state index contributed by atoms with van der Waals surface area (Å²) >= 11 is 0. The van der Waals surface area contributed by atoms with Gasteiger partial charge in [0.2, 0.25) is 0 Å². The van der Waals surface area contributed by atoms with Gasteiger partial charge in [-0.1, -0.05) is 61.7 Å². The highest BCUT2D eigenvalue weighted by Gasteiger charge is 2.15. The average Bonchev–Trinajstić information content (AvgIpc) is 2.30. The molecular formula is C16H22. The molecule has 1 aromatic rings. The molecule has 1 saturated carbocycles. The van der Waals surface area contributed by atoms with Crippen molar-refractivity contribution >= 4 is 6.08 Å². The summed E-state index contributed by atoms with van der Waals surface area (Å²) < 4.78 is 0. The van der Waals surface area contributed by atoms with Crippen LogP contribution < -0.4 is 0 Å². The van der Waals surface area contributed by atoms with E-state index in [-0.39, 0.29) is 0 Å². The topological polar surface area (TPSA) is 0 Å². The smallest absolute Gasteiger partial charge is 0.0230 e. The first kappa shape index (κ1) is 11.4. The summed E-state index contributed by atoms with van der Waals surface area (Å²) in [5, 5.41) is 0. The molecule has 0 aromatic heterocycles. The Bertz CT molecular complexity index is 337. The van der Waals surface area contributed by atoms with E-state index in [1.807, 2.05) is 0 Å². The molecule has 0 amide bonds. The minimum atomic E-state index is 0.817. The maximum atomic E-state index is 2.41. The van der Waals surface area contributed by atoms with Gasteiger partial charge in [0.15, 0.2) is 0 Å². The lowest BCUT2D eigenvalue weighted by atomic mass is 9.83. The van der Waals surface area contributed by atoms with Crippen LogP contribution in [0.15, 0.2) is 30.3 Å². The van der Waals surface area contributed by atoms with Crippen molar-refractivity contribution in [3.05, 3.63) is 41.5 Å². The van der Waals surface area contributed by atoms with Gasteiger partial charge in [0.1, 0.15) is 0 Å². The molecule has 16 heavy (non-hydrogen) atoms. The van der Waals surface area contributed by atoms with E-state index in [0.29, 0.717) is 0 Å². The van der Waals surface area contributed by atoms with E-state index in [2.05, 4.69) is 50.3 Å². The van der Waals surface area contributed by atoms with Crippen molar-refractivity contribution < 1.29 is 0 Å². The van der Waals surface area contributed by atoms with Crippen molar-refractivity contribution in [1.29, 1.82) is 0 Å². The van der Waals surface area contributed by atoms with E-state index in [1.54, 1.807) is 0 Å². The molecular weight excluding hydrogens is 192 g/mol. The number of hydrogen-bond donors (Lipinski definition) is 0. The average molecular weight is 214 g/mol. The van der Waals surface area contributed by atoms with Crippen molar-refractivity contribution in [3.63, 3.8) is 0 Å². The van der Waals surface area contributed by atoms with E-state index >= 15 is 0 Å².